The lowest BCUT2D eigenvalue weighted by molar-refractivity contribution is 0.354. The van der Waals surface area contributed by atoms with E-state index in [1.165, 1.54) is 4.31 Å². The Labute approximate surface area is 156 Å². The fourth-order valence-electron chi connectivity index (χ4n) is 2.82. The maximum absolute atomic E-state index is 12.8. The second-order valence-corrected chi connectivity index (χ2v) is 8.40. The Hall–Kier alpha value is -2.05. The van der Waals surface area contributed by atoms with Gasteiger partial charge in [-0.1, -0.05) is 18.2 Å². The van der Waals surface area contributed by atoms with Crippen LogP contribution in [0.1, 0.15) is 23.1 Å². The minimum atomic E-state index is -3.48. The van der Waals surface area contributed by atoms with Crippen LogP contribution in [-0.4, -0.2) is 40.5 Å². The van der Waals surface area contributed by atoms with Gasteiger partial charge in [0.2, 0.25) is 10.0 Å². The summed E-state index contributed by atoms with van der Waals surface area (Å²) in [7, 11) is 1.35. The van der Waals surface area contributed by atoms with E-state index in [-0.39, 0.29) is 0 Å². The van der Waals surface area contributed by atoms with Gasteiger partial charge in [-0.15, -0.1) is 0 Å². The van der Waals surface area contributed by atoms with Crippen molar-refractivity contribution in [3.63, 3.8) is 0 Å². The van der Waals surface area contributed by atoms with Crippen molar-refractivity contribution in [2.75, 3.05) is 27.8 Å². The fraction of sp³-hybridized carbons (Fsp3) is 0.400. The summed E-state index contributed by atoms with van der Waals surface area (Å²) in [6.07, 6.45) is 1.48. The van der Waals surface area contributed by atoms with Crippen molar-refractivity contribution >= 4 is 10.0 Å². The Morgan fingerprint density at radius 1 is 0.962 bits per heavy atom. The van der Waals surface area contributed by atoms with Crippen molar-refractivity contribution in [3.05, 3.63) is 53.1 Å². The third-order valence-electron chi connectivity index (χ3n) is 4.42. The predicted octanol–water partition coefficient (Wildman–Crippen LogP) is 3.57. The second kappa shape index (κ2) is 8.56. The highest BCUT2D eigenvalue weighted by Crippen LogP contribution is 2.28. The van der Waals surface area contributed by atoms with Crippen molar-refractivity contribution in [3.8, 4) is 11.5 Å². The molecule has 0 aliphatic rings. The summed E-state index contributed by atoms with van der Waals surface area (Å²) in [5.41, 5.74) is 2.79. The quantitative estimate of drug-likeness (QED) is 0.706. The SMILES string of the molecule is COc1ccc(CCCN(C)S(=O)(=O)c2cc(C)ccc2C)cc1OC. The van der Waals surface area contributed by atoms with Gasteiger partial charge in [0, 0.05) is 13.6 Å². The highest BCUT2D eigenvalue weighted by Gasteiger charge is 2.22. The Kier molecular flexibility index (Phi) is 6.67. The predicted molar refractivity (Wildman–Crippen MR) is 104 cm³/mol. The number of hydrogen-bond donors (Lipinski definition) is 0. The van der Waals surface area contributed by atoms with Crippen LogP contribution in [0.2, 0.25) is 0 Å². The van der Waals surface area contributed by atoms with E-state index in [0.717, 1.165) is 29.5 Å². The molecule has 6 heteroatoms. The average molecular weight is 378 g/mol. The first kappa shape index (κ1) is 20.3. The summed E-state index contributed by atoms with van der Waals surface area (Å²) in [5, 5.41) is 0. The number of rotatable bonds is 8. The van der Waals surface area contributed by atoms with Crippen LogP contribution in [0.5, 0.6) is 11.5 Å². The van der Waals surface area contributed by atoms with Crippen molar-refractivity contribution in [1.82, 2.24) is 4.31 Å². The van der Waals surface area contributed by atoms with Gasteiger partial charge >= 0.3 is 0 Å². The zero-order valence-corrected chi connectivity index (χ0v) is 16.9. The number of benzene rings is 2. The molecule has 0 aliphatic carbocycles. The van der Waals surface area contributed by atoms with Gasteiger partial charge < -0.3 is 9.47 Å². The molecule has 142 valence electrons. The van der Waals surface area contributed by atoms with E-state index in [1.54, 1.807) is 27.3 Å². The van der Waals surface area contributed by atoms with Gasteiger partial charge in [0.05, 0.1) is 19.1 Å². The van der Waals surface area contributed by atoms with Crippen molar-refractivity contribution in [2.24, 2.45) is 0 Å². The lowest BCUT2D eigenvalue weighted by Crippen LogP contribution is -2.28. The van der Waals surface area contributed by atoms with Crippen LogP contribution in [0.25, 0.3) is 0 Å². The molecule has 0 heterocycles. The van der Waals surface area contributed by atoms with Crippen LogP contribution < -0.4 is 9.47 Å². The first-order chi connectivity index (χ1) is 12.3. The highest BCUT2D eigenvalue weighted by molar-refractivity contribution is 7.89. The molecule has 2 aromatic rings. The van der Waals surface area contributed by atoms with E-state index < -0.39 is 10.0 Å². The first-order valence-electron chi connectivity index (χ1n) is 8.54. The summed E-state index contributed by atoms with van der Waals surface area (Å²) in [6, 6.07) is 11.3. The van der Waals surface area contributed by atoms with E-state index in [2.05, 4.69) is 0 Å². The standard InChI is InChI=1S/C20H27NO4S/c1-15-8-9-16(2)20(13-15)26(22,23)21(3)12-6-7-17-10-11-18(24-4)19(14-17)25-5/h8-11,13-14H,6-7,12H2,1-5H3. The molecule has 0 aliphatic heterocycles. The third-order valence-corrected chi connectivity index (χ3v) is 6.42. The molecule has 2 aromatic carbocycles. The molecular weight excluding hydrogens is 350 g/mol. The number of sulfonamides is 1. The Bertz CT molecular complexity index is 862. The number of aryl methyl sites for hydroxylation is 3. The number of methoxy groups -OCH3 is 2. The minimum absolute atomic E-state index is 0.381. The molecule has 0 bridgehead atoms. The van der Waals surface area contributed by atoms with Crippen LogP contribution in [0.4, 0.5) is 0 Å². The van der Waals surface area contributed by atoms with Gasteiger partial charge in [0.1, 0.15) is 0 Å². The molecule has 5 nitrogen and oxygen atoms in total. The molecule has 0 saturated carbocycles. The van der Waals surface area contributed by atoms with Crippen molar-refractivity contribution in [2.45, 2.75) is 31.6 Å². The molecule has 0 spiro atoms. The molecule has 0 radical (unpaired) electrons. The molecule has 0 unspecified atom stereocenters. The van der Waals surface area contributed by atoms with Gasteiger partial charge in [-0.3, -0.25) is 0 Å². The Morgan fingerprint density at radius 3 is 2.31 bits per heavy atom. The lowest BCUT2D eigenvalue weighted by atomic mass is 10.1. The molecule has 0 N–H and O–H groups in total. The van der Waals surface area contributed by atoms with Gasteiger partial charge in [-0.25, -0.2) is 12.7 Å². The molecule has 0 amide bonds. The zero-order chi connectivity index (χ0) is 19.3. The number of nitrogens with zero attached hydrogens (tertiary/aromatic N) is 1. The summed E-state index contributed by atoms with van der Waals surface area (Å²) in [4.78, 5) is 0.381. The second-order valence-electron chi connectivity index (χ2n) is 6.39. The first-order valence-corrected chi connectivity index (χ1v) is 9.98. The van der Waals surface area contributed by atoms with Crippen LogP contribution in [0.3, 0.4) is 0 Å². The van der Waals surface area contributed by atoms with Crippen LogP contribution in [0, 0.1) is 13.8 Å². The van der Waals surface area contributed by atoms with Gasteiger partial charge in [0.15, 0.2) is 11.5 Å². The largest absolute Gasteiger partial charge is 0.493 e. The maximum atomic E-state index is 12.8. The van der Waals surface area contributed by atoms with E-state index in [9.17, 15) is 8.42 Å². The molecule has 26 heavy (non-hydrogen) atoms. The highest BCUT2D eigenvalue weighted by atomic mass is 32.2. The minimum Gasteiger partial charge on any atom is -0.493 e. The summed E-state index contributed by atoms with van der Waals surface area (Å²) >= 11 is 0. The molecule has 2 rings (SSSR count). The Balaban J connectivity index is 2.04. The number of hydrogen-bond acceptors (Lipinski definition) is 4. The molecule has 0 saturated heterocycles. The van der Waals surface area contributed by atoms with Crippen molar-refractivity contribution in [1.29, 1.82) is 0 Å². The monoisotopic (exact) mass is 377 g/mol. The number of ether oxygens (including phenoxy) is 2. The van der Waals surface area contributed by atoms with Gasteiger partial charge in [0.25, 0.3) is 0 Å². The lowest BCUT2D eigenvalue weighted by Gasteiger charge is -2.19. The van der Waals surface area contributed by atoms with E-state index in [4.69, 9.17) is 9.47 Å². The van der Waals surface area contributed by atoms with Crippen molar-refractivity contribution < 1.29 is 17.9 Å². The van der Waals surface area contributed by atoms with Gasteiger partial charge in [-0.2, -0.15) is 0 Å². The third kappa shape index (κ3) is 4.56. The van der Waals surface area contributed by atoms with Crippen LogP contribution in [-0.2, 0) is 16.4 Å². The van der Waals surface area contributed by atoms with Crippen LogP contribution in [0.15, 0.2) is 41.3 Å². The average Bonchev–Trinajstić information content (AvgIpc) is 2.63. The molecule has 0 fully saturated rings. The normalized spacial score (nSPS) is 11.6. The van der Waals surface area contributed by atoms with Gasteiger partial charge in [-0.05, 0) is 61.6 Å². The maximum Gasteiger partial charge on any atom is 0.243 e. The molecule has 0 atom stereocenters. The van der Waals surface area contributed by atoms with E-state index in [0.29, 0.717) is 22.9 Å². The summed E-state index contributed by atoms with van der Waals surface area (Å²) < 4.78 is 37.6. The fourth-order valence-corrected chi connectivity index (χ4v) is 4.33. The Morgan fingerprint density at radius 2 is 1.65 bits per heavy atom. The van der Waals surface area contributed by atoms with E-state index in [1.807, 2.05) is 44.2 Å². The molecule has 0 aromatic heterocycles. The summed E-state index contributed by atoms with van der Waals surface area (Å²) in [6.45, 7) is 4.17. The topological polar surface area (TPSA) is 55.8 Å². The van der Waals surface area contributed by atoms with E-state index >= 15 is 0 Å². The summed E-state index contributed by atoms with van der Waals surface area (Å²) in [5.74, 6) is 1.37. The zero-order valence-electron chi connectivity index (χ0n) is 16.1. The molecular formula is C20H27NO4S. The van der Waals surface area contributed by atoms with Crippen LogP contribution >= 0.6 is 0 Å². The smallest absolute Gasteiger partial charge is 0.243 e.